The molecule has 0 saturated heterocycles. The van der Waals surface area contributed by atoms with E-state index in [1.54, 1.807) is 25.1 Å². The van der Waals surface area contributed by atoms with Crippen molar-refractivity contribution in [3.8, 4) is 0 Å². The van der Waals surface area contributed by atoms with Crippen molar-refractivity contribution in [3.63, 3.8) is 0 Å². The first-order chi connectivity index (χ1) is 8.47. The van der Waals surface area contributed by atoms with Gasteiger partial charge in [0.25, 0.3) is 0 Å². The molecule has 18 heavy (non-hydrogen) atoms. The molecule has 2 unspecified atom stereocenters. The van der Waals surface area contributed by atoms with Crippen LogP contribution in [-0.2, 0) is 15.6 Å². The van der Waals surface area contributed by atoms with Crippen LogP contribution in [-0.4, -0.2) is 21.9 Å². The van der Waals surface area contributed by atoms with E-state index in [0.717, 1.165) is 10.9 Å². The van der Waals surface area contributed by atoms with E-state index in [0.29, 0.717) is 17.1 Å². The summed E-state index contributed by atoms with van der Waals surface area (Å²) in [6.07, 6.45) is 0.851. The molecule has 0 aliphatic carbocycles. The highest BCUT2D eigenvalue weighted by atomic mass is 79.9. The first-order valence-corrected chi connectivity index (χ1v) is 7.71. The van der Waals surface area contributed by atoms with E-state index in [4.69, 9.17) is 5.73 Å². The lowest BCUT2D eigenvalue weighted by molar-refractivity contribution is -0.120. The maximum atomic E-state index is 12.3. The van der Waals surface area contributed by atoms with Gasteiger partial charge in [-0.3, -0.25) is 9.00 Å². The minimum atomic E-state index is -1.45. The lowest BCUT2D eigenvalue weighted by atomic mass is 10.3. The third-order valence-electron chi connectivity index (χ3n) is 2.43. The molecule has 6 heteroatoms. The first kappa shape index (κ1) is 15.2. The molecule has 3 N–H and O–H groups in total. The zero-order valence-electron chi connectivity index (χ0n) is 10.4. The van der Waals surface area contributed by atoms with Gasteiger partial charge < -0.3 is 11.1 Å². The number of hydrogen-bond donors (Lipinski definition) is 2. The molecule has 0 fully saturated rings. The number of halogens is 1. The number of rotatable bonds is 5. The topological polar surface area (TPSA) is 72.2 Å². The lowest BCUT2D eigenvalue weighted by Crippen LogP contribution is -2.36. The molecule has 100 valence electrons. The normalized spacial score (nSPS) is 13.9. The van der Waals surface area contributed by atoms with Crippen LogP contribution in [0.1, 0.15) is 20.3 Å². The minimum Gasteiger partial charge on any atom is -0.398 e. The summed E-state index contributed by atoms with van der Waals surface area (Å²) < 4.78 is 13.1. The van der Waals surface area contributed by atoms with Crippen LogP contribution in [0, 0.1) is 0 Å². The van der Waals surface area contributed by atoms with Crippen molar-refractivity contribution in [1.82, 2.24) is 5.32 Å². The van der Waals surface area contributed by atoms with Crippen molar-refractivity contribution >= 4 is 38.3 Å². The van der Waals surface area contributed by atoms with E-state index in [1.807, 2.05) is 6.92 Å². The van der Waals surface area contributed by atoms with Crippen LogP contribution in [0.2, 0.25) is 0 Å². The van der Waals surface area contributed by atoms with E-state index in [-0.39, 0.29) is 5.91 Å². The van der Waals surface area contributed by atoms with Crippen LogP contribution in [0.5, 0.6) is 0 Å². The Morgan fingerprint density at radius 2 is 2.22 bits per heavy atom. The van der Waals surface area contributed by atoms with Crippen LogP contribution < -0.4 is 11.1 Å². The Balaban J connectivity index is 2.86. The molecule has 4 nitrogen and oxygen atoms in total. The van der Waals surface area contributed by atoms with Crippen LogP contribution in [0.15, 0.2) is 27.6 Å². The molecule has 1 aromatic rings. The molecular weight excluding hydrogens is 316 g/mol. The maximum Gasteiger partial charge on any atom is 0.235 e. The van der Waals surface area contributed by atoms with Gasteiger partial charge in [0.2, 0.25) is 5.91 Å². The summed E-state index contributed by atoms with van der Waals surface area (Å²) in [4.78, 5) is 12.2. The Labute approximate surface area is 118 Å². The van der Waals surface area contributed by atoms with Crippen LogP contribution in [0.4, 0.5) is 5.69 Å². The van der Waals surface area contributed by atoms with Gasteiger partial charge in [0.15, 0.2) is 0 Å². The summed E-state index contributed by atoms with van der Waals surface area (Å²) >= 11 is 3.30. The predicted molar refractivity (Wildman–Crippen MR) is 77.7 cm³/mol. The summed E-state index contributed by atoms with van der Waals surface area (Å²) in [6.45, 7) is 4.20. The smallest absolute Gasteiger partial charge is 0.235 e. The summed E-state index contributed by atoms with van der Waals surface area (Å²) in [5, 5.41) is 2.11. The molecule has 0 aliphatic rings. The highest BCUT2D eigenvalue weighted by molar-refractivity contribution is 9.10. The second kappa shape index (κ2) is 6.89. The Kier molecular flexibility index (Phi) is 5.81. The van der Waals surface area contributed by atoms with Gasteiger partial charge in [0.1, 0.15) is 5.25 Å². The van der Waals surface area contributed by atoms with Crippen molar-refractivity contribution in [3.05, 3.63) is 22.7 Å². The number of carbonyl (C=O) groups excluding carboxylic acids is 1. The number of amides is 1. The second-order valence-electron chi connectivity index (χ2n) is 3.91. The van der Waals surface area contributed by atoms with E-state index in [1.165, 1.54) is 0 Å². The molecule has 0 bridgehead atoms. The van der Waals surface area contributed by atoms with Crippen molar-refractivity contribution in [2.45, 2.75) is 30.4 Å². The largest absolute Gasteiger partial charge is 0.398 e. The average molecular weight is 333 g/mol. The monoisotopic (exact) mass is 332 g/mol. The molecule has 1 amide bonds. The van der Waals surface area contributed by atoms with E-state index >= 15 is 0 Å². The molecular formula is C12H17BrN2O2S. The van der Waals surface area contributed by atoms with E-state index in [9.17, 15) is 9.00 Å². The van der Waals surface area contributed by atoms with E-state index < -0.39 is 16.0 Å². The number of hydrogen-bond acceptors (Lipinski definition) is 3. The number of carbonyl (C=O) groups is 1. The Morgan fingerprint density at radius 3 is 2.83 bits per heavy atom. The van der Waals surface area contributed by atoms with Crippen molar-refractivity contribution in [2.75, 3.05) is 12.3 Å². The molecule has 2 atom stereocenters. The fourth-order valence-electron chi connectivity index (χ4n) is 1.36. The zero-order valence-corrected chi connectivity index (χ0v) is 12.8. The van der Waals surface area contributed by atoms with Gasteiger partial charge in [0, 0.05) is 16.7 Å². The third-order valence-corrected chi connectivity index (χ3v) is 4.57. The summed E-state index contributed by atoms with van der Waals surface area (Å²) in [6, 6.07) is 5.14. The Bertz CT molecular complexity index is 465. The molecule has 0 aliphatic heterocycles. The van der Waals surface area contributed by atoms with Gasteiger partial charge in [-0.15, -0.1) is 0 Å². The number of benzene rings is 1. The quantitative estimate of drug-likeness (QED) is 0.810. The minimum absolute atomic E-state index is 0.213. The summed E-state index contributed by atoms with van der Waals surface area (Å²) in [7, 11) is -1.45. The highest BCUT2D eigenvalue weighted by Crippen LogP contribution is 2.23. The third kappa shape index (κ3) is 3.81. The van der Waals surface area contributed by atoms with Gasteiger partial charge in [-0.05, 0) is 31.5 Å². The second-order valence-corrected chi connectivity index (χ2v) is 6.57. The van der Waals surface area contributed by atoms with Crippen LogP contribution in [0.25, 0.3) is 0 Å². The SMILES string of the molecule is CCCNC(=O)C(C)S(=O)c1cc(Br)ccc1N. The molecule has 0 heterocycles. The van der Waals surface area contributed by atoms with Crippen molar-refractivity contribution < 1.29 is 9.00 Å². The number of anilines is 1. The summed E-state index contributed by atoms with van der Waals surface area (Å²) in [5.74, 6) is -0.213. The maximum absolute atomic E-state index is 12.3. The average Bonchev–Trinajstić information content (AvgIpc) is 2.37. The lowest BCUT2D eigenvalue weighted by Gasteiger charge is -2.13. The molecule has 0 spiro atoms. The fourth-order valence-corrected chi connectivity index (χ4v) is 3.08. The molecule has 1 rings (SSSR count). The molecule has 0 radical (unpaired) electrons. The van der Waals surface area contributed by atoms with Gasteiger partial charge in [-0.2, -0.15) is 0 Å². The van der Waals surface area contributed by atoms with Gasteiger partial charge in [-0.25, -0.2) is 0 Å². The van der Waals surface area contributed by atoms with Gasteiger partial charge in [0.05, 0.1) is 15.7 Å². The highest BCUT2D eigenvalue weighted by Gasteiger charge is 2.22. The summed E-state index contributed by atoms with van der Waals surface area (Å²) in [5.41, 5.74) is 6.22. The van der Waals surface area contributed by atoms with E-state index in [2.05, 4.69) is 21.2 Å². The number of nitrogen functional groups attached to an aromatic ring is 1. The molecule has 0 aromatic heterocycles. The standard InChI is InChI=1S/C12H17BrN2O2S/c1-3-6-15-12(16)8(2)18(17)11-7-9(13)4-5-10(11)14/h4-5,7-8H,3,6,14H2,1-2H3,(H,15,16). The Morgan fingerprint density at radius 1 is 1.56 bits per heavy atom. The van der Waals surface area contributed by atoms with Crippen molar-refractivity contribution in [2.24, 2.45) is 0 Å². The number of nitrogens with two attached hydrogens (primary N) is 1. The van der Waals surface area contributed by atoms with Crippen LogP contribution in [0.3, 0.4) is 0 Å². The molecule has 0 saturated carbocycles. The van der Waals surface area contributed by atoms with Gasteiger partial charge >= 0.3 is 0 Å². The fraction of sp³-hybridized carbons (Fsp3) is 0.417. The zero-order chi connectivity index (χ0) is 13.7. The first-order valence-electron chi connectivity index (χ1n) is 5.70. The predicted octanol–water partition coefficient (Wildman–Crippen LogP) is 2.05. The molecule has 1 aromatic carbocycles. The Hall–Kier alpha value is -0.880. The van der Waals surface area contributed by atoms with Crippen LogP contribution >= 0.6 is 15.9 Å². The number of nitrogens with one attached hydrogen (secondary N) is 1. The van der Waals surface area contributed by atoms with Gasteiger partial charge in [-0.1, -0.05) is 22.9 Å². The van der Waals surface area contributed by atoms with Crippen molar-refractivity contribution in [1.29, 1.82) is 0 Å².